The molecule has 2 amide bonds. The Labute approximate surface area is 132 Å². The molecule has 0 fully saturated rings. The number of urea groups is 1. The fourth-order valence-corrected chi connectivity index (χ4v) is 1.88. The summed E-state index contributed by atoms with van der Waals surface area (Å²) in [5.41, 5.74) is 0.196. The number of carbonyl (C=O) groups excluding carboxylic acids is 1. The molecule has 22 heavy (non-hydrogen) atoms. The zero-order valence-corrected chi connectivity index (χ0v) is 12.5. The van der Waals surface area contributed by atoms with Crippen molar-refractivity contribution in [2.45, 2.75) is 13.2 Å². The average molecular weight is 323 g/mol. The van der Waals surface area contributed by atoms with Gasteiger partial charge in [-0.2, -0.15) is 0 Å². The second kappa shape index (κ2) is 6.91. The number of halogens is 1. The molecule has 2 rings (SSSR count). The van der Waals surface area contributed by atoms with Crippen LogP contribution in [0.25, 0.3) is 0 Å². The summed E-state index contributed by atoms with van der Waals surface area (Å²) in [5.74, 6) is 0.532. The maximum Gasteiger partial charge on any atom is 0.322 e. The first-order valence-electron chi connectivity index (χ1n) is 6.46. The Morgan fingerprint density at radius 2 is 1.86 bits per heavy atom. The van der Waals surface area contributed by atoms with Crippen molar-refractivity contribution in [3.05, 3.63) is 47.5 Å². The third-order valence-corrected chi connectivity index (χ3v) is 2.93. The Morgan fingerprint density at radius 3 is 2.55 bits per heavy atom. The van der Waals surface area contributed by atoms with Crippen LogP contribution in [-0.2, 0) is 0 Å². The summed E-state index contributed by atoms with van der Waals surface area (Å²) in [5, 5.41) is 24.2. The average Bonchev–Trinajstić information content (AvgIpc) is 2.45. The first-order chi connectivity index (χ1) is 10.4. The number of carbonyl (C=O) groups is 1. The van der Waals surface area contributed by atoms with Gasteiger partial charge in [0.25, 0.3) is 0 Å². The fraction of sp³-hybridized carbons (Fsp3) is 0.133. The topological polar surface area (TPSA) is 90.8 Å². The third-order valence-electron chi connectivity index (χ3n) is 2.69. The Bertz CT molecular complexity index is 661. The van der Waals surface area contributed by atoms with E-state index < -0.39 is 12.3 Å². The van der Waals surface area contributed by atoms with Gasteiger partial charge in [0.1, 0.15) is 17.2 Å². The molecule has 2 aromatic rings. The summed E-state index contributed by atoms with van der Waals surface area (Å²) in [7, 11) is 0. The number of phenolic OH excluding ortho intramolecular Hbond substituents is 2. The van der Waals surface area contributed by atoms with E-state index >= 15 is 0 Å². The van der Waals surface area contributed by atoms with E-state index in [1.54, 1.807) is 19.1 Å². The Kier molecular flexibility index (Phi) is 4.95. The van der Waals surface area contributed by atoms with Gasteiger partial charge in [-0.25, -0.2) is 4.79 Å². The molecule has 0 bridgehead atoms. The van der Waals surface area contributed by atoms with E-state index in [-0.39, 0.29) is 17.2 Å². The van der Waals surface area contributed by atoms with Crippen LogP contribution in [0.3, 0.4) is 0 Å². The quantitative estimate of drug-likeness (QED) is 0.513. The summed E-state index contributed by atoms with van der Waals surface area (Å²) in [6.45, 7) is 1.64. The first kappa shape index (κ1) is 15.8. The zero-order valence-electron chi connectivity index (χ0n) is 11.7. The van der Waals surface area contributed by atoms with Crippen LogP contribution in [0.4, 0.5) is 10.5 Å². The minimum atomic E-state index is -0.620. The summed E-state index contributed by atoms with van der Waals surface area (Å²) in [6, 6.07) is 9.89. The number of ether oxygens (including phenoxy) is 1. The predicted molar refractivity (Wildman–Crippen MR) is 83.5 cm³/mol. The molecule has 0 radical (unpaired) electrons. The Balaban J connectivity index is 1.91. The van der Waals surface area contributed by atoms with E-state index in [4.69, 9.17) is 16.3 Å². The molecular weight excluding hydrogens is 308 g/mol. The SMILES string of the molecule is CC(NC(=O)Nc1cc(Cl)ccc1O)Oc1ccc(O)cc1. The maximum absolute atomic E-state index is 11.8. The molecule has 0 aliphatic carbocycles. The highest BCUT2D eigenvalue weighted by Crippen LogP contribution is 2.26. The fourth-order valence-electron chi connectivity index (χ4n) is 1.71. The lowest BCUT2D eigenvalue weighted by molar-refractivity contribution is 0.183. The Morgan fingerprint density at radius 1 is 1.18 bits per heavy atom. The summed E-state index contributed by atoms with van der Waals surface area (Å²) < 4.78 is 5.46. The summed E-state index contributed by atoms with van der Waals surface area (Å²) in [6.07, 6.45) is -0.620. The van der Waals surface area contributed by atoms with Crippen LogP contribution in [0, 0.1) is 0 Å². The van der Waals surface area contributed by atoms with E-state index in [1.807, 2.05) is 0 Å². The lowest BCUT2D eigenvalue weighted by atomic mass is 10.3. The van der Waals surface area contributed by atoms with Crippen LogP contribution in [0.2, 0.25) is 5.02 Å². The number of amides is 2. The van der Waals surface area contributed by atoms with E-state index in [2.05, 4.69) is 10.6 Å². The van der Waals surface area contributed by atoms with Gasteiger partial charge < -0.3 is 25.6 Å². The van der Waals surface area contributed by atoms with Crippen LogP contribution in [-0.4, -0.2) is 22.5 Å². The van der Waals surface area contributed by atoms with Gasteiger partial charge in [-0.3, -0.25) is 0 Å². The van der Waals surface area contributed by atoms with Crippen LogP contribution < -0.4 is 15.4 Å². The van der Waals surface area contributed by atoms with Gasteiger partial charge in [0, 0.05) is 5.02 Å². The van der Waals surface area contributed by atoms with Crippen molar-refractivity contribution in [3.63, 3.8) is 0 Å². The van der Waals surface area contributed by atoms with Crippen molar-refractivity contribution in [2.24, 2.45) is 0 Å². The highest BCUT2D eigenvalue weighted by Gasteiger charge is 2.11. The molecule has 116 valence electrons. The maximum atomic E-state index is 11.8. The van der Waals surface area contributed by atoms with Crippen molar-refractivity contribution in [2.75, 3.05) is 5.32 Å². The van der Waals surface area contributed by atoms with Crippen molar-refractivity contribution < 1.29 is 19.7 Å². The van der Waals surface area contributed by atoms with E-state index in [0.717, 1.165) is 0 Å². The molecule has 0 aromatic heterocycles. The van der Waals surface area contributed by atoms with Gasteiger partial charge in [-0.15, -0.1) is 0 Å². The van der Waals surface area contributed by atoms with E-state index in [1.165, 1.54) is 30.3 Å². The molecular formula is C15H15ClN2O4. The van der Waals surface area contributed by atoms with Crippen molar-refractivity contribution in [3.8, 4) is 17.2 Å². The molecule has 1 atom stereocenters. The first-order valence-corrected chi connectivity index (χ1v) is 6.83. The number of anilines is 1. The molecule has 6 nitrogen and oxygen atoms in total. The molecule has 0 spiro atoms. The second-order valence-electron chi connectivity index (χ2n) is 4.51. The molecule has 4 N–H and O–H groups in total. The van der Waals surface area contributed by atoms with Gasteiger partial charge in [-0.1, -0.05) is 11.6 Å². The minimum Gasteiger partial charge on any atom is -0.508 e. The summed E-state index contributed by atoms with van der Waals surface area (Å²) in [4.78, 5) is 11.8. The summed E-state index contributed by atoms with van der Waals surface area (Å²) >= 11 is 5.80. The standard InChI is InChI=1S/C15H15ClN2O4/c1-9(22-12-5-3-11(19)4-6-12)17-15(21)18-13-8-10(16)2-7-14(13)20/h2-9,19-20H,1H3,(H2,17,18,21). The lowest BCUT2D eigenvalue weighted by Crippen LogP contribution is -2.39. The number of rotatable bonds is 4. The van der Waals surface area contributed by atoms with E-state index in [0.29, 0.717) is 10.8 Å². The van der Waals surface area contributed by atoms with Gasteiger partial charge in [-0.05, 0) is 49.4 Å². The Hall–Kier alpha value is -2.60. The highest BCUT2D eigenvalue weighted by molar-refractivity contribution is 6.31. The number of benzene rings is 2. The number of nitrogens with one attached hydrogen (secondary N) is 2. The molecule has 0 aliphatic rings. The highest BCUT2D eigenvalue weighted by atomic mass is 35.5. The zero-order chi connectivity index (χ0) is 16.1. The van der Waals surface area contributed by atoms with Gasteiger partial charge >= 0.3 is 6.03 Å². The largest absolute Gasteiger partial charge is 0.508 e. The smallest absolute Gasteiger partial charge is 0.322 e. The van der Waals surface area contributed by atoms with Gasteiger partial charge in [0.15, 0.2) is 6.23 Å². The molecule has 7 heteroatoms. The van der Waals surface area contributed by atoms with Crippen molar-refractivity contribution in [1.29, 1.82) is 0 Å². The van der Waals surface area contributed by atoms with Crippen LogP contribution in [0.5, 0.6) is 17.2 Å². The molecule has 0 heterocycles. The number of hydrogen-bond acceptors (Lipinski definition) is 4. The predicted octanol–water partition coefficient (Wildman–Crippen LogP) is 3.30. The van der Waals surface area contributed by atoms with E-state index in [9.17, 15) is 15.0 Å². The second-order valence-corrected chi connectivity index (χ2v) is 4.95. The molecule has 2 aromatic carbocycles. The van der Waals surface area contributed by atoms with Crippen molar-refractivity contribution in [1.82, 2.24) is 5.32 Å². The lowest BCUT2D eigenvalue weighted by Gasteiger charge is -2.17. The van der Waals surface area contributed by atoms with Crippen LogP contribution >= 0.6 is 11.6 Å². The monoisotopic (exact) mass is 322 g/mol. The molecule has 1 unspecified atom stereocenters. The molecule has 0 saturated heterocycles. The number of phenols is 2. The number of aromatic hydroxyl groups is 2. The van der Waals surface area contributed by atoms with Crippen LogP contribution in [0.15, 0.2) is 42.5 Å². The van der Waals surface area contributed by atoms with Crippen molar-refractivity contribution >= 4 is 23.3 Å². The van der Waals surface area contributed by atoms with Gasteiger partial charge in [0.05, 0.1) is 5.69 Å². The van der Waals surface area contributed by atoms with Crippen LogP contribution in [0.1, 0.15) is 6.92 Å². The van der Waals surface area contributed by atoms with Gasteiger partial charge in [0.2, 0.25) is 0 Å². The number of hydrogen-bond donors (Lipinski definition) is 4. The third kappa shape index (κ3) is 4.46. The molecule has 0 aliphatic heterocycles. The molecule has 0 saturated carbocycles. The normalized spacial score (nSPS) is 11.5. The minimum absolute atomic E-state index is 0.0911.